The fraction of sp³-hybridized carbons (Fsp3) is 0.421. The van der Waals surface area contributed by atoms with Crippen LogP contribution in [0.3, 0.4) is 0 Å². The molecular formula is C19H26NO2+. The Kier molecular flexibility index (Phi) is 5.56. The van der Waals surface area contributed by atoms with Crippen molar-refractivity contribution in [1.29, 1.82) is 0 Å². The first-order chi connectivity index (χ1) is 10.7. The third-order valence-corrected chi connectivity index (χ3v) is 4.82. The Bertz CT molecular complexity index is 619. The average molecular weight is 300 g/mol. The molecule has 3 nitrogen and oxygen atoms in total. The summed E-state index contributed by atoms with van der Waals surface area (Å²) in [6, 6.07) is 13.7. The molecule has 0 spiro atoms. The Balaban J connectivity index is 2.06. The Hall–Kier alpha value is -1.87. The highest BCUT2D eigenvalue weighted by Crippen LogP contribution is 2.19. The van der Waals surface area contributed by atoms with Gasteiger partial charge in [0.25, 0.3) is 0 Å². The molecule has 0 aliphatic carbocycles. The van der Waals surface area contributed by atoms with Gasteiger partial charge in [-0.05, 0) is 37.6 Å². The number of fused-ring (bicyclic) bond motifs is 1. The topological polar surface area (TPSA) is 26.3 Å². The van der Waals surface area contributed by atoms with E-state index in [2.05, 4.69) is 20.8 Å². The monoisotopic (exact) mass is 300 g/mol. The summed E-state index contributed by atoms with van der Waals surface area (Å²) in [5.74, 6) is -0.224. The number of carbonyl (C=O) groups excluding carboxylic acids is 1. The largest absolute Gasteiger partial charge is 0.456 e. The number of nitrogens with zero attached hydrogens (tertiary/aromatic N) is 1. The van der Waals surface area contributed by atoms with Gasteiger partial charge in [-0.2, -0.15) is 0 Å². The number of rotatable bonds is 7. The minimum Gasteiger partial charge on any atom is -0.456 e. The van der Waals surface area contributed by atoms with Crippen molar-refractivity contribution < 1.29 is 14.0 Å². The number of likely N-dealkylation sites (N-methyl/N-ethyl adjacent to an activating group) is 1. The highest BCUT2D eigenvalue weighted by molar-refractivity contribution is 6.04. The van der Waals surface area contributed by atoms with Crippen LogP contribution in [0.15, 0.2) is 42.5 Å². The summed E-state index contributed by atoms with van der Waals surface area (Å²) in [4.78, 5) is 12.4. The van der Waals surface area contributed by atoms with Crippen molar-refractivity contribution in [3.8, 4) is 0 Å². The summed E-state index contributed by atoms with van der Waals surface area (Å²) in [5.41, 5.74) is 0.653. The number of hydrogen-bond acceptors (Lipinski definition) is 2. The zero-order chi connectivity index (χ0) is 16.0. The van der Waals surface area contributed by atoms with Crippen molar-refractivity contribution in [3.63, 3.8) is 0 Å². The van der Waals surface area contributed by atoms with Gasteiger partial charge in [0.2, 0.25) is 0 Å². The molecule has 0 aromatic heterocycles. The first-order valence-electron chi connectivity index (χ1n) is 8.15. The summed E-state index contributed by atoms with van der Waals surface area (Å²) in [6.45, 7) is 11.1. The number of esters is 1. The van der Waals surface area contributed by atoms with Gasteiger partial charge in [-0.15, -0.1) is 0 Å². The van der Waals surface area contributed by atoms with E-state index in [0.29, 0.717) is 12.2 Å². The van der Waals surface area contributed by atoms with Crippen LogP contribution in [0.25, 0.3) is 10.8 Å². The van der Waals surface area contributed by atoms with E-state index in [9.17, 15) is 4.79 Å². The molecule has 22 heavy (non-hydrogen) atoms. The maximum atomic E-state index is 12.4. The van der Waals surface area contributed by atoms with Crippen molar-refractivity contribution in [2.24, 2.45) is 0 Å². The molecule has 0 N–H and O–H groups in total. The van der Waals surface area contributed by atoms with Gasteiger partial charge in [-0.1, -0.05) is 36.4 Å². The number of hydrogen-bond donors (Lipinski definition) is 0. The van der Waals surface area contributed by atoms with Crippen LogP contribution in [0, 0.1) is 0 Å². The molecule has 0 saturated heterocycles. The molecule has 0 saturated carbocycles. The number of quaternary nitrogens is 1. The predicted octanol–water partition coefficient (Wildman–Crippen LogP) is 3.87. The van der Waals surface area contributed by atoms with Crippen LogP contribution in [0.5, 0.6) is 0 Å². The van der Waals surface area contributed by atoms with Crippen molar-refractivity contribution in [3.05, 3.63) is 48.0 Å². The van der Waals surface area contributed by atoms with E-state index in [1.165, 1.54) is 0 Å². The first kappa shape index (κ1) is 16.5. The van der Waals surface area contributed by atoms with Crippen LogP contribution in [0.4, 0.5) is 0 Å². The summed E-state index contributed by atoms with van der Waals surface area (Å²) >= 11 is 0. The van der Waals surface area contributed by atoms with Crippen LogP contribution >= 0.6 is 0 Å². The third-order valence-electron chi connectivity index (χ3n) is 4.82. The molecule has 0 aliphatic rings. The van der Waals surface area contributed by atoms with Crippen LogP contribution in [-0.4, -0.2) is 43.2 Å². The van der Waals surface area contributed by atoms with E-state index in [-0.39, 0.29) is 5.97 Å². The fourth-order valence-corrected chi connectivity index (χ4v) is 2.96. The molecule has 2 rings (SSSR count). The van der Waals surface area contributed by atoms with Gasteiger partial charge in [0.15, 0.2) is 0 Å². The van der Waals surface area contributed by atoms with E-state index < -0.39 is 0 Å². The van der Waals surface area contributed by atoms with Crippen molar-refractivity contribution in [2.75, 3.05) is 32.8 Å². The second-order valence-electron chi connectivity index (χ2n) is 5.68. The smallest absolute Gasteiger partial charge is 0.338 e. The SMILES string of the molecule is CC[N+](CC)(CC)CCOC(=O)c1cccc2ccccc12. The van der Waals surface area contributed by atoms with Crippen molar-refractivity contribution >= 4 is 16.7 Å². The Morgan fingerprint density at radius 1 is 0.955 bits per heavy atom. The standard InChI is InChI=1S/C19H26NO2/c1-4-20(5-2,6-3)14-15-22-19(21)18-13-9-11-16-10-7-8-12-17(16)18/h7-13H,4-6,14-15H2,1-3H3/q+1. The van der Waals surface area contributed by atoms with Gasteiger partial charge in [-0.3, -0.25) is 0 Å². The molecule has 118 valence electrons. The quantitative estimate of drug-likeness (QED) is 0.573. The second-order valence-corrected chi connectivity index (χ2v) is 5.68. The highest BCUT2D eigenvalue weighted by Gasteiger charge is 2.21. The first-order valence-corrected chi connectivity index (χ1v) is 8.15. The lowest BCUT2D eigenvalue weighted by molar-refractivity contribution is -0.923. The van der Waals surface area contributed by atoms with Crippen molar-refractivity contribution in [2.45, 2.75) is 20.8 Å². The summed E-state index contributed by atoms with van der Waals surface area (Å²) < 4.78 is 6.53. The lowest BCUT2D eigenvalue weighted by Gasteiger charge is -2.35. The molecular weight excluding hydrogens is 274 g/mol. The molecule has 0 heterocycles. The van der Waals surface area contributed by atoms with Crippen LogP contribution in [-0.2, 0) is 4.74 Å². The molecule has 2 aromatic rings. The molecule has 0 unspecified atom stereocenters. The van der Waals surface area contributed by atoms with Gasteiger partial charge in [-0.25, -0.2) is 4.79 Å². The van der Waals surface area contributed by atoms with Gasteiger partial charge in [0.1, 0.15) is 13.2 Å². The van der Waals surface area contributed by atoms with E-state index >= 15 is 0 Å². The minimum absolute atomic E-state index is 0.224. The van der Waals surface area contributed by atoms with E-state index in [0.717, 1.165) is 41.4 Å². The normalized spacial score (nSPS) is 11.6. The molecule has 0 aliphatic heterocycles. The summed E-state index contributed by atoms with van der Waals surface area (Å²) in [5, 5.41) is 2.02. The maximum Gasteiger partial charge on any atom is 0.338 e. The van der Waals surface area contributed by atoms with Gasteiger partial charge >= 0.3 is 5.97 Å². The number of ether oxygens (including phenoxy) is 1. The molecule has 0 radical (unpaired) electrons. The molecule has 2 aromatic carbocycles. The highest BCUT2D eigenvalue weighted by atomic mass is 16.5. The van der Waals surface area contributed by atoms with E-state index in [1.54, 1.807) is 0 Å². The molecule has 0 amide bonds. The van der Waals surface area contributed by atoms with Gasteiger partial charge in [0.05, 0.1) is 25.2 Å². The summed E-state index contributed by atoms with van der Waals surface area (Å²) in [6.07, 6.45) is 0. The van der Waals surface area contributed by atoms with Gasteiger partial charge in [0, 0.05) is 0 Å². The van der Waals surface area contributed by atoms with Gasteiger partial charge < -0.3 is 9.22 Å². The fourth-order valence-electron chi connectivity index (χ4n) is 2.96. The van der Waals surface area contributed by atoms with Crippen LogP contribution in [0.1, 0.15) is 31.1 Å². The lowest BCUT2D eigenvalue weighted by Crippen LogP contribution is -2.49. The zero-order valence-corrected chi connectivity index (χ0v) is 13.8. The van der Waals surface area contributed by atoms with Crippen LogP contribution < -0.4 is 0 Å². The number of carbonyl (C=O) groups is 1. The average Bonchev–Trinajstić information content (AvgIpc) is 2.58. The Morgan fingerprint density at radius 3 is 2.27 bits per heavy atom. The van der Waals surface area contributed by atoms with E-state index in [4.69, 9.17) is 4.74 Å². The predicted molar refractivity (Wildman–Crippen MR) is 91.0 cm³/mol. The van der Waals surface area contributed by atoms with Crippen molar-refractivity contribution in [1.82, 2.24) is 0 Å². The van der Waals surface area contributed by atoms with E-state index in [1.807, 2.05) is 42.5 Å². The molecule has 0 fully saturated rings. The maximum absolute atomic E-state index is 12.4. The minimum atomic E-state index is -0.224. The third kappa shape index (κ3) is 3.47. The molecule has 3 heteroatoms. The molecule has 0 bridgehead atoms. The summed E-state index contributed by atoms with van der Waals surface area (Å²) in [7, 11) is 0. The Labute approximate surface area is 133 Å². The lowest BCUT2D eigenvalue weighted by atomic mass is 10.1. The molecule has 0 atom stereocenters. The zero-order valence-electron chi connectivity index (χ0n) is 13.8. The second kappa shape index (κ2) is 7.41. The number of benzene rings is 2. The Morgan fingerprint density at radius 2 is 1.59 bits per heavy atom. The van der Waals surface area contributed by atoms with Crippen LogP contribution in [0.2, 0.25) is 0 Å².